The molecule has 10 nitrogen and oxygen atoms in total. The van der Waals surface area contributed by atoms with Crippen molar-refractivity contribution >= 4 is 21.4 Å². The van der Waals surface area contributed by atoms with E-state index in [2.05, 4.69) is 14.7 Å². The Kier molecular flexibility index (Phi) is 5.70. The third-order valence-electron chi connectivity index (χ3n) is 2.87. The van der Waals surface area contributed by atoms with Gasteiger partial charge in [-0.05, 0) is 19.9 Å². The van der Waals surface area contributed by atoms with Crippen LogP contribution in [0.25, 0.3) is 0 Å². The lowest BCUT2D eigenvalue weighted by Crippen LogP contribution is -2.15. The lowest BCUT2D eigenvalue weighted by Gasteiger charge is -2.12. The average Bonchev–Trinajstić information content (AvgIpc) is 2.57. The van der Waals surface area contributed by atoms with Gasteiger partial charge in [-0.2, -0.15) is 4.98 Å². The Labute approximate surface area is 144 Å². The zero-order valence-electron chi connectivity index (χ0n) is 13.5. The number of nitrogens with zero attached hydrogens (tertiary/aromatic N) is 3. The first-order valence-corrected chi connectivity index (χ1v) is 8.75. The maximum atomic E-state index is 12.5. The molecule has 2 rings (SSSR count). The summed E-state index contributed by atoms with van der Waals surface area (Å²) in [7, 11) is -4.09. The van der Waals surface area contributed by atoms with Crippen molar-refractivity contribution < 1.29 is 22.8 Å². The van der Waals surface area contributed by atoms with E-state index in [4.69, 9.17) is 9.47 Å². The Morgan fingerprint density at radius 1 is 1.24 bits per heavy atom. The molecule has 0 amide bonds. The van der Waals surface area contributed by atoms with E-state index in [0.29, 0.717) is 6.61 Å². The fraction of sp³-hybridized carbons (Fsp3) is 0.286. The van der Waals surface area contributed by atoms with Crippen LogP contribution in [-0.4, -0.2) is 36.5 Å². The Bertz CT molecular complexity index is 871. The van der Waals surface area contributed by atoms with Crippen LogP contribution in [-0.2, 0) is 10.0 Å². The standard InChI is InChI=1S/C14H16N4O6S/c1-3-23-13-12(9-15-14(16-13)24-4-2)17-25(21,22)11-7-5-6-10(8-11)18(19)20/h5-9,17H,3-4H2,1-2H3. The fourth-order valence-electron chi connectivity index (χ4n) is 1.83. The molecular weight excluding hydrogens is 352 g/mol. The number of aromatic nitrogens is 2. The molecule has 2 aromatic rings. The van der Waals surface area contributed by atoms with Gasteiger partial charge in [-0.1, -0.05) is 6.07 Å². The lowest BCUT2D eigenvalue weighted by molar-refractivity contribution is -0.385. The van der Waals surface area contributed by atoms with Crippen molar-refractivity contribution in [2.45, 2.75) is 18.7 Å². The third-order valence-corrected chi connectivity index (χ3v) is 4.23. The molecule has 11 heteroatoms. The Hall–Kier alpha value is -2.95. The van der Waals surface area contributed by atoms with Crippen molar-refractivity contribution in [1.82, 2.24) is 9.97 Å². The molecule has 0 unspecified atom stereocenters. The monoisotopic (exact) mass is 368 g/mol. The van der Waals surface area contributed by atoms with Gasteiger partial charge < -0.3 is 9.47 Å². The van der Waals surface area contributed by atoms with Crippen molar-refractivity contribution in [2.24, 2.45) is 0 Å². The molecule has 0 fully saturated rings. The molecule has 1 aromatic carbocycles. The molecule has 0 radical (unpaired) electrons. The van der Waals surface area contributed by atoms with E-state index in [1.165, 1.54) is 24.4 Å². The highest BCUT2D eigenvalue weighted by Crippen LogP contribution is 2.27. The minimum atomic E-state index is -4.09. The molecule has 1 N–H and O–H groups in total. The smallest absolute Gasteiger partial charge is 0.319 e. The van der Waals surface area contributed by atoms with E-state index in [9.17, 15) is 18.5 Å². The summed E-state index contributed by atoms with van der Waals surface area (Å²) in [6.45, 7) is 4.04. The molecular formula is C14H16N4O6S. The predicted octanol–water partition coefficient (Wildman–Crippen LogP) is 1.98. The summed E-state index contributed by atoms with van der Waals surface area (Å²) in [4.78, 5) is 17.7. The Morgan fingerprint density at radius 2 is 1.96 bits per heavy atom. The second-order valence-corrected chi connectivity index (χ2v) is 6.28. The second kappa shape index (κ2) is 7.75. The summed E-state index contributed by atoms with van der Waals surface area (Å²) in [5, 5.41) is 10.8. The van der Waals surface area contributed by atoms with E-state index in [1.54, 1.807) is 13.8 Å². The first-order valence-electron chi connectivity index (χ1n) is 7.27. The molecule has 1 aromatic heterocycles. The fourth-order valence-corrected chi connectivity index (χ4v) is 2.92. The van der Waals surface area contributed by atoms with Gasteiger partial charge in [0, 0.05) is 12.1 Å². The summed E-state index contributed by atoms with van der Waals surface area (Å²) in [6.07, 6.45) is 1.21. The van der Waals surface area contributed by atoms with Crippen molar-refractivity contribution in [3.05, 3.63) is 40.6 Å². The summed E-state index contributed by atoms with van der Waals surface area (Å²) in [6, 6.07) is 4.72. The summed E-state index contributed by atoms with van der Waals surface area (Å²) >= 11 is 0. The maximum Gasteiger partial charge on any atom is 0.319 e. The van der Waals surface area contributed by atoms with E-state index in [-0.39, 0.29) is 34.8 Å². The number of hydrogen-bond donors (Lipinski definition) is 1. The lowest BCUT2D eigenvalue weighted by atomic mass is 10.3. The van der Waals surface area contributed by atoms with Gasteiger partial charge >= 0.3 is 6.01 Å². The zero-order valence-corrected chi connectivity index (χ0v) is 14.3. The first-order chi connectivity index (χ1) is 11.9. The topological polar surface area (TPSA) is 134 Å². The van der Waals surface area contributed by atoms with Crippen LogP contribution in [0.3, 0.4) is 0 Å². The zero-order chi connectivity index (χ0) is 18.4. The summed E-state index contributed by atoms with van der Waals surface area (Å²) in [5.41, 5.74) is -0.340. The van der Waals surface area contributed by atoms with Crippen molar-refractivity contribution in [3.63, 3.8) is 0 Å². The van der Waals surface area contributed by atoms with Gasteiger partial charge in [0.05, 0.1) is 29.2 Å². The molecule has 134 valence electrons. The van der Waals surface area contributed by atoms with Crippen LogP contribution in [0, 0.1) is 10.1 Å². The molecule has 0 saturated carbocycles. The van der Waals surface area contributed by atoms with Gasteiger partial charge in [0.25, 0.3) is 15.7 Å². The van der Waals surface area contributed by atoms with Crippen LogP contribution >= 0.6 is 0 Å². The van der Waals surface area contributed by atoms with E-state index in [1.807, 2.05) is 0 Å². The van der Waals surface area contributed by atoms with Gasteiger partial charge in [-0.15, -0.1) is 0 Å². The van der Waals surface area contributed by atoms with Crippen molar-refractivity contribution in [3.8, 4) is 11.9 Å². The predicted molar refractivity (Wildman–Crippen MR) is 88.3 cm³/mol. The van der Waals surface area contributed by atoms with Gasteiger partial charge in [0.15, 0.2) is 0 Å². The highest BCUT2D eigenvalue weighted by atomic mass is 32.2. The average molecular weight is 368 g/mol. The minimum Gasteiger partial charge on any atom is -0.476 e. The quantitative estimate of drug-likeness (QED) is 0.552. The SMILES string of the molecule is CCOc1ncc(NS(=O)(=O)c2cccc([N+](=O)[O-])c2)c(OCC)n1. The number of anilines is 1. The van der Waals surface area contributed by atoms with Crippen LogP contribution in [0.1, 0.15) is 13.8 Å². The summed E-state index contributed by atoms with van der Waals surface area (Å²) < 4.78 is 37.7. The van der Waals surface area contributed by atoms with Crippen LogP contribution in [0.15, 0.2) is 35.4 Å². The van der Waals surface area contributed by atoms with Crippen molar-refractivity contribution in [1.29, 1.82) is 0 Å². The molecule has 0 saturated heterocycles. The minimum absolute atomic E-state index is 0.00295. The Balaban J connectivity index is 2.36. The number of nitrogens with one attached hydrogen (secondary N) is 1. The van der Waals surface area contributed by atoms with Crippen LogP contribution in [0.2, 0.25) is 0 Å². The van der Waals surface area contributed by atoms with Gasteiger partial charge in [0.2, 0.25) is 5.88 Å². The number of sulfonamides is 1. The second-order valence-electron chi connectivity index (χ2n) is 4.60. The van der Waals surface area contributed by atoms with E-state index >= 15 is 0 Å². The van der Waals surface area contributed by atoms with Crippen molar-refractivity contribution in [2.75, 3.05) is 17.9 Å². The molecule has 0 atom stereocenters. The van der Waals surface area contributed by atoms with Crippen LogP contribution in [0.4, 0.5) is 11.4 Å². The third kappa shape index (κ3) is 4.53. The molecule has 0 aliphatic rings. The molecule has 0 aliphatic carbocycles. The highest BCUT2D eigenvalue weighted by Gasteiger charge is 2.21. The highest BCUT2D eigenvalue weighted by molar-refractivity contribution is 7.92. The van der Waals surface area contributed by atoms with Gasteiger partial charge in [0.1, 0.15) is 5.69 Å². The number of rotatable bonds is 8. The number of ether oxygens (including phenoxy) is 2. The van der Waals surface area contributed by atoms with Crippen LogP contribution < -0.4 is 14.2 Å². The van der Waals surface area contributed by atoms with Crippen LogP contribution in [0.5, 0.6) is 11.9 Å². The Morgan fingerprint density at radius 3 is 2.60 bits per heavy atom. The molecule has 0 aliphatic heterocycles. The van der Waals surface area contributed by atoms with E-state index in [0.717, 1.165) is 6.07 Å². The number of non-ortho nitro benzene ring substituents is 1. The first kappa shape index (κ1) is 18.4. The molecule has 25 heavy (non-hydrogen) atoms. The number of benzene rings is 1. The number of nitro groups is 1. The number of nitro benzene ring substituents is 1. The molecule has 1 heterocycles. The van der Waals surface area contributed by atoms with Gasteiger partial charge in [-0.3, -0.25) is 14.8 Å². The van der Waals surface area contributed by atoms with Gasteiger partial charge in [-0.25, -0.2) is 13.4 Å². The number of hydrogen-bond acceptors (Lipinski definition) is 8. The van der Waals surface area contributed by atoms with E-state index < -0.39 is 14.9 Å². The maximum absolute atomic E-state index is 12.5. The normalized spacial score (nSPS) is 11.0. The summed E-state index contributed by atoms with van der Waals surface area (Å²) in [5.74, 6) is -0.00467. The largest absolute Gasteiger partial charge is 0.476 e. The molecule has 0 spiro atoms. The molecule has 0 bridgehead atoms.